The monoisotopic (exact) mass is 1370 g/mol. The van der Waals surface area contributed by atoms with Crippen molar-refractivity contribution in [2.45, 2.75) is 395 Å². The van der Waals surface area contributed by atoms with Gasteiger partial charge in [-0.15, -0.1) is 0 Å². The van der Waals surface area contributed by atoms with Gasteiger partial charge in [0.05, 0.1) is 13.2 Å². The van der Waals surface area contributed by atoms with Crippen LogP contribution in [0.25, 0.3) is 0 Å². The molecule has 25 heteroatoms. The highest BCUT2D eigenvalue weighted by atomic mass is 31.2. The van der Waals surface area contributed by atoms with Crippen LogP contribution >= 0.6 is 7.82 Å². The summed E-state index contributed by atoms with van der Waals surface area (Å²) in [5.74, 6) is -1.98. The summed E-state index contributed by atoms with van der Waals surface area (Å²) < 4.78 is 64.9. The molecule has 554 valence electrons. The van der Waals surface area contributed by atoms with Gasteiger partial charge in [-0.2, -0.15) is 0 Å². The molecule has 2 aliphatic heterocycles. The smallest absolute Gasteiger partial charge is 0.463 e. The average Bonchev–Trinajstić information content (AvgIpc) is 0.769. The van der Waals surface area contributed by atoms with Crippen molar-refractivity contribution in [1.29, 1.82) is 0 Å². The third-order valence-corrected chi connectivity index (χ3v) is 19.4. The molecule has 1 aliphatic carbocycles. The zero-order chi connectivity index (χ0) is 68.9. The first-order valence-corrected chi connectivity index (χ1v) is 38.3. The van der Waals surface area contributed by atoms with E-state index in [9.17, 15) is 74.9 Å². The summed E-state index contributed by atoms with van der Waals surface area (Å²) in [6.07, 6.45) is 7.62. The molecule has 0 aromatic heterocycles. The van der Waals surface area contributed by atoms with Crippen molar-refractivity contribution in [2.24, 2.45) is 0 Å². The Bertz CT molecular complexity index is 1960. The van der Waals surface area contributed by atoms with Crippen molar-refractivity contribution in [1.82, 2.24) is 0 Å². The van der Waals surface area contributed by atoms with E-state index in [0.29, 0.717) is 19.3 Å². The molecule has 18 atom stereocenters. The van der Waals surface area contributed by atoms with Gasteiger partial charge in [-0.25, -0.2) is 4.57 Å². The lowest BCUT2D eigenvalue weighted by Crippen LogP contribution is -2.69. The number of aliphatic hydroxyl groups is 10. The fourth-order valence-corrected chi connectivity index (χ4v) is 13.3. The highest BCUT2D eigenvalue weighted by Gasteiger charge is 2.58. The van der Waals surface area contributed by atoms with Crippen LogP contribution in [-0.2, 0) is 61.2 Å². The molecule has 0 spiro atoms. The Kier molecular flexibility index (Phi) is 47.7. The molecule has 3 aliphatic rings. The Labute approximate surface area is 561 Å². The van der Waals surface area contributed by atoms with Crippen molar-refractivity contribution in [3.8, 4) is 0 Å². The van der Waals surface area contributed by atoms with Crippen LogP contribution in [0.3, 0.4) is 0 Å². The Morgan fingerprint density at radius 3 is 1.04 bits per heavy atom. The van der Waals surface area contributed by atoms with Gasteiger partial charge in [-0.3, -0.25) is 23.4 Å². The van der Waals surface area contributed by atoms with Crippen molar-refractivity contribution < 1.29 is 117 Å². The molecule has 0 aromatic carbocycles. The van der Waals surface area contributed by atoms with E-state index in [1.54, 1.807) is 0 Å². The van der Waals surface area contributed by atoms with E-state index in [1.165, 1.54) is 135 Å². The minimum atomic E-state index is -5.68. The van der Waals surface area contributed by atoms with Crippen molar-refractivity contribution >= 4 is 25.7 Å². The average molecular weight is 1370 g/mol. The minimum Gasteiger partial charge on any atom is -0.463 e. The molecular formula is C69H129O24P. The summed E-state index contributed by atoms with van der Waals surface area (Å²) in [7, 11) is -5.68. The maximum atomic E-state index is 14.3. The Hall–Kier alpha value is -2.04. The number of rotatable bonds is 57. The number of phosphoric ester groups is 1. The molecule has 3 fully saturated rings. The van der Waals surface area contributed by atoms with Gasteiger partial charge in [-0.05, 0) is 19.3 Å². The van der Waals surface area contributed by atoms with Crippen LogP contribution in [0, 0.1) is 0 Å². The minimum absolute atomic E-state index is 0.0340. The Balaban J connectivity index is 1.73. The van der Waals surface area contributed by atoms with E-state index < -0.39 is 156 Å². The van der Waals surface area contributed by atoms with Crippen LogP contribution in [0.2, 0.25) is 0 Å². The van der Waals surface area contributed by atoms with Crippen LogP contribution in [-0.4, -0.2) is 204 Å². The normalized spacial score (nSPS) is 28.2. The van der Waals surface area contributed by atoms with Crippen molar-refractivity contribution in [2.75, 3.05) is 26.4 Å². The van der Waals surface area contributed by atoms with Gasteiger partial charge in [0.1, 0.15) is 98.7 Å². The molecule has 18 unspecified atom stereocenters. The van der Waals surface area contributed by atoms with Gasteiger partial charge < -0.3 is 89.1 Å². The number of aliphatic hydroxyl groups excluding tert-OH is 10. The number of ether oxygens (including phenoxy) is 7. The molecule has 1 saturated carbocycles. The standard InChI is InChI=1S/C69H129O24P/c1-4-7-10-13-16-19-22-24-25-26-27-30-32-35-38-41-44-54(72)86-49-52-57(75)59(77)64(82)69(90-52)92-66-62(80)60(78)61(79)65(91-68-63(81)58(76)56(74)51(46-70)89-68)67(66)93-94(83,84)87-48-50(47-85-53(71)43-40-37-34-31-28-21-18-15-12-9-6-3)88-55(73)45-42-39-36-33-29-23-20-17-14-11-8-5-2/h50-52,56-70,74-82H,4-49H2,1-3H3,(H,83,84). The molecule has 94 heavy (non-hydrogen) atoms. The first-order valence-electron chi connectivity index (χ1n) is 36.8. The number of esters is 3. The van der Waals surface area contributed by atoms with Gasteiger partial charge >= 0.3 is 25.7 Å². The first-order chi connectivity index (χ1) is 45.3. The zero-order valence-electron chi connectivity index (χ0n) is 57.5. The Morgan fingerprint density at radius 2 is 0.681 bits per heavy atom. The van der Waals surface area contributed by atoms with Crippen LogP contribution in [0.5, 0.6) is 0 Å². The maximum Gasteiger partial charge on any atom is 0.472 e. The zero-order valence-corrected chi connectivity index (χ0v) is 58.4. The number of phosphoric acid groups is 1. The lowest BCUT2D eigenvalue weighted by atomic mass is 9.84. The third kappa shape index (κ3) is 35.3. The molecule has 2 heterocycles. The second-order valence-electron chi connectivity index (χ2n) is 26.7. The number of hydrogen-bond acceptors (Lipinski definition) is 23. The van der Waals surface area contributed by atoms with E-state index in [-0.39, 0.29) is 19.3 Å². The van der Waals surface area contributed by atoms with E-state index in [2.05, 4.69) is 20.8 Å². The highest BCUT2D eigenvalue weighted by Crippen LogP contribution is 2.49. The molecule has 24 nitrogen and oxygen atoms in total. The van der Waals surface area contributed by atoms with Crippen molar-refractivity contribution in [3.05, 3.63) is 0 Å². The quantitative estimate of drug-likeness (QED) is 0.0117. The predicted octanol–water partition coefficient (Wildman–Crippen LogP) is 9.40. The summed E-state index contributed by atoms with van der Waals surface area (Å²) in [5.41, 5.74) is 0. The first kappa shape index (κ1) is 86.2. The second kappa shape index (κ2) is 52.0. The van der Waals surface area contributed by atoms with E-state index in [0.717, 1.165) is 96.3 Å². The SMILES string of the molecule is CCCCCCCCCCCCCCCCCCC(=O)OCC1OC(OC2C(O)C(O)C(O)C(OC3OC(CO)C(O)C(O)C3O)C2OP(=O)(O)OCC(COC(=O)CCCCCCCCCCCCC)OC(=O)CCCCCCCCCCCCCC)C(O)C(O)C1O. The largest absolute Gasteiger partial charge is 0.472 e. The van der Waals surface area contributed by atoms with Crippen molar-refractivity contribution in [3.63, 3.8) is 0 Å². The number of unbranched alkanes of at least 4 members (excludes halogenated alkanes) is 36. The molecular weight excluding hydrogens is 1240 g/mol. The van der Waals surface area contributed by atoms with Gasteiger partial charge in [-0.1, -0.05) is 252 Å². The fourth-order valence-electron chi connectivity index (χ4n) is 12.3. The predicted molar refractivity (Wildman–Crippen MR) is 352 cm³/mol. The molecule has 11 N–H and O–H groups in total. The van der Waals surface area contributed by atoms with E-state index in [1.807, 2.05) is 0 Å². The van der Waals surface area contributed by atoms with Gasteiger partial charge in [0.25, 0.3) is 0 Å². The number of hydrogen-bond donors (Lipinski definition) is 11. The molecule has 0 radical (unpaired) electrons. The molecule has 2 saturated heterocycles. The Morgan fingerprint density at radius 1 is 0.372 bits per heavy atom. The summed E-state index contributed by atoms with van der Waals surface area (Å²) in [4.78, 5) is 50.8. The van der Waals surface area contributed by atoms with Gasteiger partial charge in [0, 0.05) is 19.3 Å². The maximum absolute atomic E-state index is 14.3. The number of carbonyl (C=O) groups is 3. The lowest BCUT2D eigenvalue weighted by molar-refractivity contribution is -0.360. The van der Waals surface area contributed by atoms with E-state index in [4.69, 9.17) is 42.2 Å². The van der Waals surface area contributed by atoms with Crippen LogP contribution in [0.15, 0.2) is 0 Å². The van der Waals surface area contributed by atoms with Crippen LogP contribution < -0.4 is 0 Å². The highest BCUT2D eigenvalue weighted by molar-refractivity contribution is 7.47. The summed E-state index contributed by atoms with van der Waals surface area (Å²) >= 11 is 0. The summed E-state index contributed by atoms with van der Waals surface area (Å²) in [6, 6.07) is 0. The van der Waals surface area contributed by atoms with Crippen LogP contribution in [0.4, 0.5) is 0 Å². The third-order valence-electron chi connectivity index (χ3n) is 18.4. The molecule has 0 aromatic rings. The molecule has 0 amide bonds. The van der Waals surface area contributed by atoms with Gasteiger partial charge in [0.2, 0.25) is 0 Å². The fraction of sp³-hybridized carbons (Fsp3) is 0.957. The summed E-state index contributed by atoms with van der Waals surface area (Å²) in [6.45, 7) is 3.44. The lowest BCUT2D eigenvalue weighted by Gasteiger charge is -2.49. The summed E-state index contributed by atoms with van der Waals surface area (Å²) in [5, 5.41) is 110. The topological polar surface area (TPSA) is 374 Å². The van der Waals surface area contributed by atoms with Gasteiger partial charge in [0.15, 0.2) is 18.7 Å². The number of carbonyl (C=O) groups excluding carboxylic acids is 3. The molecule has 0 bridgehead atoms. The second-order valence-corrected chi connectivity index (χ2v) is 28.1. The van der Waals surface area contributed by atoms with Crippen LogP contribution in [0.1, 0.15) is 290 Å². The van der Waals surface area contributed by atoms with E-state index >= 15 is 0 Å². The molecule has 3 rings (SSSR count).